The number of allylic oxidation sites excluding steroid dienone is 1. The summed E-state index contributed by atoms with van der Waals surface area (Å²) in [6, 6.07) is 7.72. The number of nitrogens with zero attached hydrogens (tertiary/aromatic N) is 2. The summed E-state index contributed by atoms with van der Waals surface area (Å²) in [4.78, 5) is 31.0. The fourth-order valence-corrected chi connectivity index (χ4v) is 4.81. The van der Waals surface area contributed by atoms with E-state index in [1.807, 2.05) is 18.2 Å². The highest BCUT2D eigenvalue weighted by Crippen LogP contribution is 2.41. The second kappa shape index (κ2) is 14.1. The number of carboxylic acids is 1. The van der Waals surface area contributed by atoms with E-state index in [4.69, 9.17) is 25.0 Å². The Morgan fingerprint density at radius 3 is 2.54 bits per heavy atom. The van der Waals surface area contributed by atoms with E-state index in [0.717, 1.165) is 42.5 Å². The van der Waals surface area contributed by atoms with Gasteiger partial charge in [0, 0.05) is 41.3 Å². The first kappa shape index (κ1) is 32.3. The molecule has 0 amide bonds. The number of carbonyl (C=O) groups excluding carboxylic acids is 1. The second-order valence-electron chi connectivity index (χ2n) is 11.7. The normalized spacial score (nSPS) is 14.3. The van der Waals surface area contributed by atoms with Crippen molar-refractivity contribution in [3.63, 3.8) is 0 Å². The van der Waals surface area contributed by atoms with E-state index in [2.05, 4.69) is 33.4 Å². The summed E-state index contributed by atoms with van der Waals surface area (Å²) in [5.41, 5.74) is 3.73. The predicted octanol–water partition coefficient (Wildman–Crippen LogP) is 6.84. The summed E-state index contributed by atoms with van der Waals surface area (Å²) >= 11 is 0. The lowest BCUT2D eigenvalue weighted by Crippen LogP contribution is -2.30. The van der Waals surface area contributed by atoms with Gasteiger partial charge in [-0.3, -0.25) is 15.0 Å². The molecular formula is C32H42BrN3O5. The standard InChI is InChI=1S/C32H41N3O5.BrH/c1-5-6-8-15-39-27-18-23(17-24(32(2,3)4)30(27)40-16-9-7-10-28(37)38)26(36)20-35-19-22-13-14-25(21-11-12-21)34-29(22)31(35)33;/h5,13-14,17-18,21,33H,1,6-12,15-16,19-20H2,2-4H3,(H,37,38);1H. The summed E-state index contributed by atoms with van der Waals surface area (Å²) in [7, 11) is 0. The Bertz CT molecular complexity index is 1280. The summed E-state index contributed by atoms with van der Waals surface area (Å²) in [6.07, 6.45) is 6.95. The number of hydrogen-bond acceptors (Lipinski definition) is 6. The molecule has 1 aromatic heterocycles. The highest BCUT2D eigenvalue weighted by molar-refractivity contribution is 8.93. The SMILES string of the molecule is Br.C=CCCCOc1cc(C(=O)CN2Cc3ccc(C4CC4)nc3C2=N)cc(C(C)(C)C)c1OCCCCC(=O)O. The number of aromatic nitrogens is 1. The lowest BCUT2D eigenvalue weighted by molar-refractivity contribution is -0.137. The van der Waals surface area contributed by atoms with E-state index in [0.29, 0.717) is 67.1 Å². The number of ether oxygens (including phenoxy) is 2. The average Bonchev–Trinajstić information content (AvgIpc) is 3.71. The number of nitrogens with one attached hydrogen (secondary N) is 1. The van der Waals surface area contributed by atoms with Crippen molar-refractivity contribution >= 4 is 34.6 Å². The van der Waals surface area contributed by atoms with Crippen LogP contribution in [-0.2, 0) is 16.8 Å². The van der Waals surface area contributed by atoms with Gasteiger partial charge in [-0.05, 0) is 62.1 Å². The molecule has 2 aromatic rings. The van der Waals surface area contributed by atoms with Gasteiger partial charge in [0.1, 0.15) is 11.5 Å². The molecule has 0 atom stereocenters. The van der Waals surface area contributed by atoms with Gasteiger partial charge in [0.15, 0.2) is 17.3 Å². The number of halogens is 1. The van der Waals surface area contributed by atoms with Gasteiger partial charge in [0.2, 0.25) is 0 Å². The van der Waals surface area contributed by atoms with Crippen molar-refractivity contribution < 1.29 is 24.2 Å². The third-order valence-corrected chi connectivity index (χ3v) is 7.26. The summed E-state index contributed by atoms with van der Waals surface area (Å²) in [5, 5.41) is 17.6. The van der Waals surface area contributed by atoms with E-state index in [-0.39, 0.29) is 41.1 Å². The Morgan fingerprint density at radius 2 is 1.88 bits per heavy atom. The Hall–Kier alpha value is -3.20. The van der Waals surface area contributed by atoms with E-state index >= 15 is 0 Å². The van der Waals surface area contributed by atoms with Gasteiger partial charge in [-0.25, -0.2) is 4.98 Å². The van der Waals surface area contributed by atoms with Crippen LogP contribution in [0.5, 0.6) is 11.5 Å². The van der Waals surface area contributed by atoms with Gasteiger partial charge in [-0.2, -0.15) is 0 Å². The molecule has 0 unspecified atom stereocenters. The maximum absolute atomic E-state index is 13.6. The van der Waals surface area contributed by atoms with Crippen LogP contribution in [0.1, 0.15) is 105 Å². The van der Waals surface area contributed by atoms with Gasteiger partial charge >= 0.3 is 5.97 Å². The molecule has 0 bridgehead atoms. The van der Waals surface area contributed by atoms with Crippen LogP contribution in [0.2, 0.25) is 0 Å². The van der Waals surface area contributed by atoms with Gasteiger partial charge in [0.05, 0.1) is 19.8 Å². The third kappa shape index (κ3) is 8.41. The van der Waals surface area contributed by atoms with Crippen molar-refractivity contribution in [2.75, 3.05) is 19.8 Å². The summed E-state index contributed by atoms with van der Waals surface area (Å²) < 4.78 is 12.4. The number of rotatable bonds is 15. The van der Waals surface area contributed by atoms with Crippen LogP contribution in [0.25, 0.3) is 0 Å². The van der Waals surface area contributed by atoms with Crippen molar-refractivity contribution in [2.45, 2.75) is 83.6 Å². The number of aliphatic carboxylic acids is 1. The molecule has 1 saturated carbocycles. The third-order valence-electron chi connectivity index (χ3n) is 7.26. The number of fused-ring (bicyclic) bond motifs is 1. The van der Waals surface area contributed by atoms with Crippen LogP contribution >= 0.6 is 17.0 Å². The van der Waals surface area contributed by atoms with Crippen molar-refractivity contribution in [3.8, 4) is 11.5 Å². The molecule has 9 heteroatoms. The topological polar surface area (TPSA) is 113 Å². The smallest absolute Gasteiger partial charge is 0.303 e. The van der Waals surface area contributed by atoms with Gasteiger partial charge in [-0.1, -0.05) is 32.9 Å². The zero-order chi connectivity index (χ0) is 28.9. The number of carboxylic acid groups (broad SMARTS) is 1. The first-order chi connectivity index (χ1) is 19.1. The minimum atomic E-state index is -0.821. The molecule has 1 aromatic carbocycles. The van der Waals surface area contributed by atoms with E-state index in [1.54, 1.807) is 11.0 Å². The number of carbonyl (C=O) groups is 2. The van der Waals surface area contributed by atoms with Gasteiger partial charge < -0.3 is 19.5 Å². The first-order valence-corrected chi connectivity index (χ1v) is 14.2. The molecule has 1 fully saturated rings. The monoisotopic (exact) mass is 627 g/mol. The lowest BCUT2D eigenvalue weighted by Gasteiger charge is -2.26. The Labute approximate surface area is 253 Å². The number of pyridine rings is 1. The van der Waals surface area contributed by atoms with Crippen LogP contribution in [0, 0.1) is 5.41 Å². The minimum Gasteiger partial charge on any atom is -0.490 e. The lowest BCUT2D eigenvalue weighted by atomic mass is 9.84. The molecule has 2 N–H and O–H groups in total. The number of amidine groups is 1. The molecule has 2 aliphatic rings. The summed E-state index contributed by atoms with van der Waals surface area (Å²) in [5.74, 6) is 0.980. The zero-order valence-corrected chi connectivity index (χ0v) is 26.0. The van der Waals surface area contributed by atoms with Crippen LogP contribution in [0.3, 0.4) is 0 Å². The van der Waals surface area contributed by atoms with Crippen molar-refractivity contribution in [1.82, 2.24) is 9.88 Å². The molecule has 1 aliphatic carbocycles. The van der Waals surface area contributed by atoms with E-state index < -0.39 is 5.97 Å². The van der Waals surface area contributed by atoms with E-state index in [1.165, 1.54) is 0 Å². The van der Waals surface area contributed by atoms with Crippen LogP contribution < -0.4 is 9.47 Å². The molecular weight excluding hydrogens is 586 g/mol. The Balaban J connectivity index is 0.00000462. The first-order valence-electron chi connectivity index (χ1n) is 14.2. The number of ketones is 1. The maximum Gasteiger partial charge on any atom is 0.303 e. The zero-order valence-electron chi connectivity index (χ0n) is 24.3. The van der Waals surface area contributed by atoms with Crippen LogP contribution in [-0.4, -0.2) is 52.3 Å². The highest BCUT2D eigenvalue weighted by Gasteiger charge is 2.32. The largest absolute Gasteiger partial charge is 0.490 e. The average molecular weight is 629 g/mol. The molecule has 222 valence electrons. The molecule has 0 spiro atoms. The molecule has 4 rings (SSSR count). The van der Waals surface area contributed by atoms with Crippen molar-refractivity contribution in [3.05, 3.63) is 65.0 Å². The van der Waals surface area contributed by atoms with Crippen molar-refractivity contribution in [1.29, 1.82) is 5.41 Å². The minimum absolute atomic E-state index is 0. The second-order valence-corrected chi connectivity index (χ2v) is 11.7. The predicted molar refractivity (Wildman–Crippen MR) is 165 cm³/mol. The molecule has 0 saturated heterocycles. The van der Waals surface area contributed by atoms with Gasteiger partial charge in [0.25, 0.3) is 0 Å². The number of unbranched alkanes of at least 4 members (excludes halogenated alkanes) is 2. The summed E-state index contributed by atoms with van der Waals surface area (Å²) in [6.45, 7) is 11.3. The number of benzene rings is 1. The molecule has 0 radical (unpaired) electrons. The quantitative estimate of drug-likeness (QED) is 0.126. The molecule has 2 heterocycles. The van der Waals surface area contributed by atoms with Crippen LogP contribution in [0.4, 0.5) is 0 Å². The molecule has 1 aliphatic heterocycles. The highest BCUT2D eigenvalue weighted by atomic mass is 79.9. The van der Waals surface area contributed by atoms with E-state index in [9.17, 15) is 9.59 Å². The number of Topliss-reactive ketones (excluding diaryl/α,β-unsaturated/α-hetero) is 1. The van der Waals surface area contributed by atoms with Crippen LogP contribution in [0.15, 0.2) is 36.9 Å². The van der Waals surface area contributed by atoms with Crippen molar-refractivity contribution in [2.24, 2.45) is 0 Å². The van der Waals surface area contributed by atoms with Gasteiger partial charge in [-0.15, -0.1) is 23.6 Å². The Morgan fingerprint density at radius 1 is 1.15 bits per heavy atom. The molecule has 41 heavy (non-hydrogen) atoms. The maximum atomic E-state index is 13.6. The fourth-order valence-electron chi connectivity index (χ4n) is 4.81. The molecule has 8 nitrogen and oxygen atoms in total. The Kier molecular flexibility index (Phi) is 11.1. The fraction of sp³-hybridized carbons (Fsp3) is 0.500. The number of hydrogen-bond donors (Lipinski definition) is 2.